The number of methoxy groups -OCH3 is 1. The van der Waals surface area contributed by atoms with Crippen molar-refractivity contribution in [3.05, 3.63) is 89.0 Å². The van der Waals surface area contributed by atoms with Gasteiger partial charge in [-0.3, -0.25) is 9.59 Å². The van der Waals surface area contributed by atoms with E-state index < -0.39 is 0 Å². The number of nitrogens with one attached hydrogen (secondary N) is 1. The number of benzene rings is 3. The predicted molar refractivity (Wildman–Crippen MR) is 138 cm³/mol. The second-order valence-corrected chi connectivity index (χ2v) is 9.18. The summed E-state index contributed by atoms with van der Waals surface area (Å²) in [6.07, 6.45) is 4.17. The van der Waals surface area contributed by atoms with E-state index in [4.69, 9.17) is 4.74 Å². The Labute approximate surface area is 206 Å². The molecule has 1 saturated heterocycles. The number of ether oxygens (including phenoxy) is 1. The van der Waals surface area contributed by atoms with E-state index in [9.17, 15) is 9.59 Å². The molecule has 2 amide bonds. The zero-order valence-corrected chi connectivity index (χ0v) is 20.1. The summed E-state index contributed by atoms with van der Waals surface area (Å²) >= 11 is 0. The molecular formula is C29H31N3O3. The van der Waals surface area contributed by atoms with Crippen LogP contribution in [0.1, 0.15) is 51.1 Å². The third-order valence-electron chi connectivity index (χ3n) is 6.95. The Morgan fingerprint density at radius 3 is 2.37 bits per heavy atom. The number of carbonyl (C=O) groups is 2. The number of piperidine rings is 1. The highest BCUT2D eigenvalue weighted by Crippen LogP contribution is 2.31. The standard InChI is InChI=1S/C29H31N3O3/c1-35-27-12-6-5-11-24(27)28(33)30-23-13-14-26(25(19-23)29(34)31-16-7-2-8-17-31)32-18-15-21-9-3-4-10-22(21)20-32/h3-6,9-14,19H,2,7-8,15-18,20H2,1H3,(H,30,33). The van der Waals surface area contributed by atoms with Crippen LogP contribution in [0.4, 0.5) is 11.4 Å². The molecule has 3 aromatic rings. The Kier molecular flexibility index (Phi) is 6.70. The molecule has 5 rings (SSSR count). The van der Waals surface area contributed by atoms with Gasteiger partial charge in [0.25, 0.3) is 11.8 Å². The highest BCUT2D eigenvalue weighted by Gasteiger charge is 2.26. The van der Waals surface area contributed by atoms with Crippen LogP contribution in [0.2, 0.25) is 0 Å². The summed E-state index contributed by atoms with van der Waals surface area (Å²) in [7, 11) is 1.55. The van der Waals surface area contributed by atoms with Crippen LogP contribution in [0.15, 0.2) is 66.7 Å². The fraction of sp³-hybridized carbons (Fsp3) is 0.310. The summed E-state index contributed by atoms with van der Waals surface area (Å²) in [6, 6.07) is 21.3. The van der Waals surface area contributed by atoms with Gasteiger partial charge in [-0.05, 0) is 67.1 Å². The van der Waals surface area contributed by atoms with Gasteiger partial charge < -0.3 is 19.9 Å². The lowest BCUT2D eigenvalue weighted by atomic mass is 9.98. The number of nitrogens with zero attached hydrogens (tertiary/aromatic N) is 2. The normalized spacial score (nSPS) is 15.3. The highest BCUT2D eigenvalue weighted by molar-refractivity contribution is 6.07. The van der Waals surface area contributed by atoms with Crippen LogP contribution in [0, 0.1) is 0 Å². The molecule has 0 aliphatic carbocycles. The molecule has 2 aliphatic rings. The first-order chi connectivity index (χ1) is 17.1. The quantitative estimate of drug-likeness (QED) is 0.562. The predicted octanol–water partition coefficient (Wildman–Crippen LogP) is 5.14. The number of fused-ring (bicyclic) bond motifs is 1. The minimum absolute atomic E-state index is 0.0342. The van der Waals surface area contributed by atoms with Crippen LogP contribution in [-0.2, 0) is 13.0 Å². The van der Waals surface area contributed by atoms with Crippen LogP contribution in [0.25, 0.3) is 0 Å². The summed E-state index contributed by atoms with van der Waals surface area (Å²) in [5, 5.41) is 2.97. The Bertz CT molecular complexity index is 1230. The van der Waals surface area contributed by atoms with E-state index in [0.717, 1.165) is 57.5 Å². The molecule has 6 heteroatoms. The van der Waals surface area contributed by atoms with Crippen molar-refractivity contribution in [1.82, 2.24) is 4.90 Å². The number of carbonyl (C=O) groups excluding carboxylic acids is 2. The van der Waals surface area contributed by atoms with Gasteiger partial charge in [0.2, 0.25) is 0 Å². The Morgan fingerprint density at radius 1 is 0.829 bits per heavy atom. The van der Waals surface area contributed by atoms with Crippen LogP contribution in [0.5, 0.6) is 5.75 Å². The number of amides is 2. The number of likely N-dealkylation sites (tertiary alicyclic amines) is 1. The summed E-state index contributed by atoms with van der Waals surface area (Å²) in [4.78, 5) is 30.9. The summed E-state index contributed by atoms with van der Waals surface area (Å²) < 4.78 is 5.34. The van der Waals surface area contributed by atoms with E-state index >= 15 is 0 Å². The summed E-state index contributed by atoms with van der Waals surface area (Å²) in [5.41, 5.74) is 5.28. The molecule has 0 saturated carbocycles. The largest absolute Gasteiger partial charge is 0.496 e. The van der Waals surface area contributed by atoms with E-state index in [0.29, 0.717) is 22.6 Å². The molecular weight excluding hydrogens is 438 g/mol. The third-order valence-corrected chi connectivity index (χ3v) is 6.95. The van der Waals surface area contributed by atoms with E-state index in [1.807, 2.05) is 29.2 Å². The number of hydrogen-bond donors (Lipinski definition) is 1. The van der Waals surface area contributed by atoms with Gasteiger partial charge in [0.1, 0.15) is 5.75 Å². The first-order valence-electron chi connectivity index (χ1n) is 12.3. The van der Waals surface area contributed by atoms with Crippen LogP contribution >= 0.6 is 0 Å². The molecule has 6 nitrogen and oxygen atoms in total. The zero-order valence-electron chi connectivity index (χ0n) is 20.1. The number of para-hydroxylation sites is 1. The maximum absolute atomic E-state index is 13.7. The van der Waals surface area contributed by atoms with Gasteiger partial charge in [-0.15, -0.1) is 0 Å². The van der Waals surface area contributed by atoms with Gasteiger partial charge in [-0.2, -0.15) is 0 Å². The topological polar surface area (TPSA) is 61.9 Å². The number of anilines is 2. The lowest BCUT2D eigenvalue weighted by Crippen LogP contribution is -2.38. The Morgan fingerprint density at radius 2 is 1.57 bits per heavy atom. The summed E-state index contributed by atoms with van der Waals surface area (Å²) in [5.74, 6) is 0.281. The molecule has 1 fully saturated rings. The Hall–Kier alpha value is -3.80. The van der Waals surface area contributed by atoms with Gasteiger partial charge in [0.15, 0.2) is 0 Å². The van der Waals surface area contributed by atoms with Crippen molar-refractivity contribution < 1.29 is 14.3 Å². The minimum atomic E-state index is -0.265. The van der Waals surface area contributed by atoms with Crippen LogP contribution in [0.3, 0.4) is 0 Å². The van der Waals surface area contributed by atoms with Gasteiger partial charge in [0, 0.05) is 37.6 Å². The first-order valence-corrected chi connectivity index (χ1v) is 12.3. The third kappa shape index (κ3) is 4.87. The first kappa shape index (κ1) is 23.0. The van der Waals surface area contributed by atoms with E-state index in [1.165, 1.54) is 11.1 Å². The molecule has 180 valence electrons. The second-order valence-electron chi connectivity index (χ2n) is 9.18. The van der Waals surface area contributed by atoms with Gasteiger partial charge in [0.05, 0.1) is 18.2 Å². The molecule has 2 aliphatic heterocycles. The fourth-order valence-corrected chi connectivity index (χ4v) is 5.06. The molecule has 3 aromatic carbocycles. The molecule has 0 radical (unpaired) electrons. The molecule has 1 N–H and O–H groups in total. The lowest BCUT2D eigenvalue weighted by Gasteiger charge is -2.34. The monoisotopic (exact) mass is 469 g/mol. The molecule has 35 heavy (non-hydrogen) atoms. The second kappa shape index (κ2) is 10.2. The van der Waals surface area contributed by atoms with Gasteiger partial charge >= 0.3 is 0 Å². The van der Waals surface area contributed by atoms with E-state index in [2.05, 4.69) is 34.5 Å². The van der Waals surface area contributed by atoms with Crippen LogP contribution in [-0.4, -0.2) is 43.5 Å². The van der Waals surface area contributed by atoms with Crippen molar-refractivity contribution in [3.63, 3.8) is 0 Å². The molecule has 0 aromatic heterocycles. The maximum Gasteiger partial charge on any atom is 0.259 e. The van der Waals surface area contributed by atoms with Crippen molar-refractivity contribution in [3.8, 4) is 5.75 Å². The average Bonchev–Trinajstić information content (AvgIpc) is 2.92. The minimum Gasteiger partial charge on any atom is -0.496 e. The smallest absolute Gasteiger partial charge is 0.259 e. The Balaban J connectivity index is 1.46. The van der Waals surface area contributed by atoms with Crippen molar-refractivity contribution in [2.45, 2.75) is 32.2 Å². The van der Waals surface area contributed by atoms with Gasteiger partial charge in [-0.25, -0.2) is 0 Å². The van der Waals surface area contributed by atoms with E-state index in [-0.39, 0.29) is 11.8 Å². The summed E-state index contributed by atoms with van der Waals surface area (Å²) in [6.45, 7) is 3.17. The van der Waals surface area contributed by atoms with Crippen molar-refractivity contribution in [2.24, 2.45) is 0 Å². The molecule has 2 heterocycles. The average molecular weight is 470 g/mol. The number of hydrogen-bond acceptors (Lipinski definition) is 4. The SMILES string of the molecule is COc1ccccc1C(=O)Nc1ccc(N2CCc3ccccc3C2)c(C(=O)N2CCCCC2)c1. The van der Waals surface area contributed by atoms with Gasteiger partial charge in [-0.1, -0.05) is 36.4 Å². The van der Waals surface area contributed by atoms with Crippen molar-refractivity contribution >= 4 is 23.2 Å². The van der Waals surface area contributed by atoms with Crippen LogP contribution < -0.4 is 15.0 Å². The van der Waals surface area contributed by atoms with Crippen molar-refractivity contribution in [1.29, 1.82) is 0 Å². The molecule has 0 bridgehead atoms. The fourth-order valence-electron chi connectivity index (χ4n) is 5.06. The van der Waals surface area contributed by atoms with E-state index in [1.54, 1.807) is 25.3 Å². The molecule has 0 atom stereocenters. The highest BCUT2D eigenvalue weighted by atomic mass is 16.5. The molecule has 0 unspecified atom stereocenters. The molecule has 0 spiro atoms. The maximum atomic E-state index is 13.7. The number of rotatable bonds is 5. The van der Waals surface area contributed by atoms with Crippen molar-refractivity contribution in [2.75, 3.05) is 37.0 Å². The zero-order chi connectivity index (χ0) is 24.2. The lowest BCUT2D eigenvalue weighted by molar-refractivity contribution is 0.0724.